The number of sulfonamides is 1. The van der Waals surface area contributed by atoms with Gasteiger partial charge in [-0.15, -0.1) is 24.0 Å². The lowest BCUT2D eigenvalue weighted by atomic mass is 10.1. The van der Waals surface area contributed by atoms with Crippen molar-refractivity contribution in [1.82, 2.24) is 15.4 Å². The topological polar surface area (TPSA) is 126 Å². The molecular weight excluding hydrogens is 473 g/mol. The summed E-state index contributed by atoms with van der Waals surface area (Å²) in [5, 5.41) is 17.0. The Labute approximate surface area is 171 Å². The Balaban J connectivity index is 0.00000625. The summed E-state index contributed by atoms with van der Waals surface area (Å²) in [4.78, 5) is 14.0. The molecule has 0 aliphatic heterocycles. The molecule has 0 saturated carbocycles. The highest BCUT2D eigenvalue weighted by Crippen LogP contribution is 2.16. The van der Waals surface area contributed by atoms with Gasteiger partial charge in [0, 0.05) is 38.3 Å². The largest absolute Gasteiger partial charge is 0.355 e. The first kappa shape index (κ1) is 24.5. The first-order chi connectivity index (χ1) is 11.7. The maximum atomic E-state index is 12.2. The molecule has 148 valence electrons. The van der Waals surface area contributed by atoms with E-state index in [0.29, 0.717) is 18.4 Å². The number of guanidine groups is 1. The molecule has 3 N–H and O–H groups in total. The second-order valence-electron chi connectivity index (χ2n) is 5.83. The molecule has 26 heavy (non-hydrogen) atoms. The summed E-state index contributed by atoms with van der Waals surface area (Å²) in [7, 11) is -2.18. The zero-order chi connectivity index (χ0) is 19.0. The molecule has 0 amide bonds. The van der Waals surface area contributed by atoms with E-state index >= 15 is 0 Å². The van der Waals surface area contributed by atoms with Crippen molar-refractivity contribution in [3.8, 4) is 0 Å². The minimum absolute atomic E-state index is 0. The highest BCUT2D eigenvalue weighted by atomic mass is 127. The van der Waals surface area contributed by atoms with Crippen molar-refractivity contribution in [2.75, 3.05) is 20.1 Å². The Bertz CT molecular complexity index is 725. The Hall–Kier alpha value is -1.47. The minimum atomic E-state index is -3.81. The lowest BCUT2D eigenvalue weighted by Gasteiger charge is -2.20. The van der Waals surface area contributed by atoms with Gasteiger partial charge in [-0.2, -0.15) is 0 Å². The Morgan fingerprint density at radius 3 is 2.46 bits per heavy atom. The molecule has 0 saturated heterocycles. The van der Waals surface area contributed by atoms with Gasteiger partial charge in [-0.05, 0) is 18.9 Å². The zero-order valence-corrected chi connectivity index (χ0v) is 18.4. The first-order valence-corrected chi connectivity index (χ1v) is 9.37. The Morgan fingerprint density at radius 1 is 1.27 bits per heavy atom. The molecule has 0 fully saturated rings. The fourth-order valence-electron chi connectivity index (χ4n) is 1.79. The van der Waals surface area contributed by atoms with Crippen molar-refractivity contribution >= 4 is 45.6 Å². The number of non-ortho nitro benzene ring substituents is 1. The van der Waals surface area contributed by atoms with Crippen LogP contribution in [0.25, 0.3) is 0 Å². The highest BCUT2D eigenvalue weighted by Gasteiger charge is 2.17. The third kappa shape index (κ3) is 7.83. The molecule has 0 spiro atoms. The van der Waals surface area contributed by atoms with E-state index in [1.807, 2.05) is 6.92 Å². The molecule has 1 unspecified atom stereocenters. The summed E-state index contributed by atoms with van der Waals surface area (Å²) in [5.41, 5.74) is -0.270. The maximum Gasteiger partial charge on any atom is 0.270 e. The van der Waals surface area contributed by atoms with Crippen LogP contribution in [0.4, 0.5) is 5.69 Å². The molecule has 0 aromatic heterocycles. The van der Waals surface area contributed by atoms with Crippen LogP contribution >= 0.6 is 24.0 Å². The molecule has 0 bridgehead atoms. The molecule has 11 heteroatoms. The number of nitrogens with zero attached hydrogens (tertiary/aromatic N) is 2. The maximum absolute atomic E-state index is 12.2. The van der Waals surface area contributed by atoms with Gasteiger partial charge in [0.1, 0.15) is 0 Å². The van der Waals surface area contributed by atoms with Crippen LogP contribution < -0.4 is 15.4 Å². The van der Waals surface area contributed by atoms with E-state index < -0.39 is 14.9 Å². The van der Waals surface area contributed by atoms with Crippen molar-refractivity contribution in [3.63, 3.8) is 0 Å². The highest BCUT2D eigenvalue weighted by molar-refractivity contribution is 14.0. The molecule has 1 atom stereocenters. The third-order valence-corrected chi connectivity index (χ3v) is 5.09. The van der Waals surface area contributed by atoms with Crippen molar-refractivity contribution < 1.29 is 13.3 Å². The van der Waals surface area contributed by atoms with Gasteiger partial charge in [0.05, 0.1) is 9.82 Å². The number of rotatable bonds is 8. The van der Waals surface area contributed by atoms with E-state index in [0.717, 1.165) is 6.07 Å². The normalized spacial score (nSPS) is 13.0. The van der Waals surface area contributed by atoms with Crippen LogP contribution in [0, 0.1) is 16.0 Å². The minimum Gasteiger partial charge on any atom is -0.355 e. The predicted octanol–water partition coefficient (Wildman–Crippen LogP) is 1.70. The van der Waals surface area contributed by atoms with Crippen LogP contribution in [0.2, 0.25) is 0 Å². The molecule has 1 aromatic carbocycles. The molecule has 0 aliphatic rings. The molecule has 1 rings (SSSR count). The molecule has 9 nitrogen and oxygen atoms in total. The average Bonchev–Trinajstić information content (AvgIpc) is 2.57. The second kappa shape index (κ2) is 11.3. The Morgan fingerprint density at radius 2 is 1.92 bits per heavy atom. The standard InChI is InChI=1S/C15H25N5O4S.HI/c1-11(2)12(3)19-15(16-4)17-8-9-18-25(23,24)14-7-5-6-13(10-14)20(21)22;/h5-7,10-12,18H,8-9H2,1-4H3,(H2,16,17,19);1H. The number of nitro groups is 1. The number of nitrogens with one attached hydrogen (secondary N) is 3. The van der Waals surface area contributed by atoms with Crippen molar-refractivity contribution in [1.29, 1.82) is 0 Å². The van der Waals surface area contributed by atoms with Crippen molar-refractivity contribution in [3.05, 3.63) is 34.4 Å². The van der Waals surface area contributed by atoms with Gasteiger partial charge in [0.2, 0.25) is 10.0 Å². The SMILES string of the molecule is CN=C(NCCNS(=O)(=O)c1cccc([N+](=O)[O-])c1)NC(C)C(C)C.I. The summed E-state index contributed by atoms with van der Waals surface area (Å²) < 4.78 is 26.8. The summed E-state index contributed by atoms with van der Waals surface area (Å²) in [6.07, 6.45) is 0. The summed E-state index contributed by atoms with van der Waals surface area (Å²) >= 11 is 0. The van der Waals surface area contributed by atoms with Crippen LogP contribution in [-0.2, 0) is 10.0 Å². The summed E-state index contributed by atoms with van der Waals surface area (Å²) in [6.45, 7) is 6.62. The van der Waals surface area contributed by atoms with Crippen LogP contribution in [-0.4, -0.2) is 45.5 Å². The van der Waals surface area contributed by atoms with E-state index in [-0.39, 0.29) is 47.1 Å². The number of hydrogen-bond donors (Lipinski definition) is 3. The number of benzene rings is 1. The van der Waals surface area contributed by atoms with Crippen LogP contribution in [0.1, 0.15) is 20.8 Å². The van der Waals surface area contributed by atoms with Crippen LogP contribution in [0.15, 0.2) is 34.2 Å². The van der Waals surface area contributed by atoms with Gasteiger partial charge < -0.3 is 10.6 Å². The molecule has 0 heterocycles. The third-order valence-electron chi connectivity index (χ3n) is 3.64. The molecule has 0 aliphatic carbocycles. The van der Waals surface area contributed by atoms with Crippen LogP contribution in [0.3, 0.4) is 0 Å². The number of nitro benzene ring substituents is 1. The number of halogens is 1. The fraction of sp³-hybridized carbons (Fsp3) is 0.533. The van der Waals surface area contributed by atoms with Gasteiger partial charge in [-0.1, -0.05) is 19.9 Å². The lowest BCUT2D eigenvalue weighted by Crippen LogP contribution is -2.46. The van der Waals surface area contributed by atoms with Crippen molar-refractivity contribution in [2.24, 2.45) is 10.9 Å². The van der Waals surface area contributed by atoms with Crippen LogP contribution in [0.5, 0.6) is 0 Å². The lowest BCUT2D eigenvalue weighted by molar-refractivity contribution is -0.385. The molecular formula is C15H26IN5O4S. The molecule has 0 radical (unpaired) electrons. The van der Waals surface area contributed by atoms with Gasteiger partial charge in [-0.25, -0.2) is 13.1 Å². The summed E-state index contributed by atoms with van der Waals surface area (Å²) in [5.74, 6) is 1.00. The van der Waals surface area contributed by atoms with E-state index in [1.165, 1.54) is 18.2 Å². The van der Waals surface area contributed by atoms with Gasteiger partial charge in [-0.3, -0.25) is 15.1 Å². The average molecular weight is 499 g/mol. The van der Waals surface area contributed by atoms with Gasteiger partial charge in [0.25, 0.3) is 5.69 Å². The van der Waals surface area contributed by atoms with E-state index in [2.05, 4.69) is 34.2 Å². The second-order valence-corrected chi connectivity index (χ2v) is 7.60. The fourth-order valence-corrected chi connectivity index (χ4v) is 2.86. The number of hydrogen-bond acceptors (Lipinski definition) is 5. The smallest absolute Gasteiger partial charge is 0.270 e. The molecule has 1 aromatic rings. The summed E-state index contributed by atoms with van der Waals surface area (Å²) in [6, 6.07) is 5.14. The predicted molar refractivity (Wildman–Crippen MR) is 112 cm³/mol. The Kier molecular flexibility index (Phi) is 10.6. The van der Waals surface area contributed by atoms with Gasteiger partial charge in [0.15, 0.2) is 5.96 Å². The van der Waals surface area contributed by atoms with E-state index in [4.69, 9.17) is 0 Å². The zero-order valence-electron chi connectivity index (χ0n) is 15.2. The van der Waals surface area contributed by atoms with E-state index in [1.54, 1.807) is 7.05 Å². The number of aliphatic imine (C=N–C) groups is 1. The van der Waals surface area contributed by atoms with Crippen molar-refractivity contribution in [2.45, 2.75) is 31.7 Å². The first-order valence-electron chi connectivity index (χ1n) is 7.88. The monoisotopic (exact) mass is 499 g/mol. The van der Waals surface area contributed by atoms with Gasteiger partial charge >= 0.3 is 0 Å². The quantitative estimate of drug-likeness (QED) is 0.125. The van der Waals surface area contributed by atoms with E-state index in [9.17, 15) is 18.5 Å².